The Bertz CT molecular complexity index is 1260. The topological polar surface area (TPSA) is 105 Å². The zero-order valence-corrected chi connectivity index (χ0v) is 16.1. The number of aryl methyl sites for hydroxylation is 1. The third-order valence-corrected chi connectivity index (χ3v) is 5.99. The van der Waals surface area contributed by atoms with Crippen molar-refractivity contribution in [3.8, 4) is 0 Å². The smallest absolute Gasteiger partial charge is 0.271 e. The molecule has 0 radical (unpaired) electrons. The first kappa shape index (κ1) is 17.6. The fraction of sp³-hybridized carbons (Fsp3) is 0.158. The monoisotopic (exact) mass is 405 g/mol. The van der Waals surface area contributed by atoms with Crippen molar-refractivity contribution in [3.05, 3.63) is 65.5 Å². The Hall–Kier alpha value is -3.53. The molecule has 1 fully saturated rings. The lowest BCUT2D eigenvalue weighted by molar-refractivity contribution is -0.130. The number of benzene rings is 1. The van der Waals surface area contributed by atoms with Crippen molar-refractivity contribution < 1.29 is 9.59 Å². The summed E-state index contributed by atoms with van der Waals surface area (Å²) in [5, 5.41) is 14.0. The van der Waals surface area contributed by atoms with Gasteiger partial charge in [0.2, 0.25) is 0 Å². The molecule has 0 bridgehead atoms. The summed E-state index contributed by atoms with van der Waals surface area (Å²) in [6.07, 6.45) is 3.04. The number of amides is 2. The number of hydrogen-bond acceptors (Lipinski definition) is 7. The van der Waals surface area contributed by atoms with E-state index in [0.717, 1.165) is 22.0 Å². The number of pyridine rings is 2. The second-order valence-electron chi connectivity index (χ2n) is 6.64. The number of nitrogens with zero attached hydrogens (tertiary/aromatic N) is 6. The highest BCUT2D eigenvalue weighted by molar-refractivity contribution is 8.00. The molecule has 1 atom stereocenters. The maximum Gasteiger partial charge on any atom is 0.271 e. The molecule has 5 rings (SSSR count). The molecule has 4 aromatic rings. The van der Waals surface area contributed by atoms with Crippen molar-refractivity contribution in [1.82, 2.24) is 35.5 Å². The number of aromatic nitrogens is 5. The number of carbonyl (C=O) groups is 2. The molecule has 0 spiro atoms. The van der Waals surface area contributed by atoms with Crippen LogP contribution in [0.5, 0.6) is 0 Å². The molecule has 2 amide bonds. The van der Waals surface area contributed by atoms with Gasteiger partial charge in [0.05, 0.1) is 16.8 Å². The Balaban J connectivity index is 1.58. The van der Waals surface area contributed by atoms with Gasteiger partial charge in [-0.1, -0.05) is 18.2 Å². The minimum Gasteiger partial charge on any atom is -0.272 e. The number of thioether (sulfide) groups is 1. The second-order valence-corrected chi connectivity index (χ2v) is 7.70. The summed E-state index contributed by atoms with van der Waals surface area (Å²) >= 11 is 1.42. The first-order chi connectivity index (χ1) is 14.1. The van der Waals surface area contributed by atoms with Gasteiger partial charge in [0.15, 0.2) is 5.65 Å². The van der Waals surface area contributed by atoms with E-state index >= 15 is 0 Å². The van der Waals surface area contributed by atoms with E-state index in [2.05, 4.69) is 25.9 Å². The van der Waals surface area contributed by atoms with Gasteiger partial charge in [-0.05, 0) is 41.1 Å². The molecule has 1 aliphatic heterocycles. The lowest BCUT2D eigenvalue weighted by atomic mass is 10.1. The van der Waals surface area contributed by atoms with Gasteiger partial charge in [0, 0.05) is 23.3 Å². The predicted molar refractivity (Wildman–Crippen MR) is 107 cm³/mol. The van der Waals surface area contributed by atoms with Crippen molar-refractivity contribution in [3.63, 3.8) is 0 Å². The highest BCUT2D eigenvalue weighted by Gasteiger charge is 2.36. The summed E-state index contributed by atoms with van der Waals surface area (Å²) < 4.78 is 1.68. The van der Waals surface area contributed by atoms with Gasteiger partial charge in [0.1, 0.15) is 5.37 Å². The van der Waals surface area contributed by atoms with Crippen LogP contribution in [0.3, 0.4) is 0 Å². The van der Waals surface area contributed by atoms with Crippen LogP contribution < -0.4 is 5.43 Å². The van der Waals surface area contributed by atoms with Gasteiger partial charge < -0.3 is 0 Å². The summed E-state index contributed by atoms with van der Waals surface area (Å²) in [5.74, 6) is -0.337. The van der Waals surface area contributed by atoms with Gasteiger partial charge in [-0.2, -0.15) is 4.52 Å². The Labute approximate surface area is 169 Å². The Kier molecular flexibility index (Phi) is 4.13. The zero-order valence-electron chi connectivity index (χ0n) is 15.3. The van der Waals surface area contributed by atoms with Crippen LogP contribution in [-0.4, -0.2) is 47.6 Å². The molecule has 0 saturated carbocycles. The van der Waals surface area contributed by atoms with E-state index in [1.807, 2.05) is 31.2 Å². The number of carbonyl (C=O) groups excluding carboxylic acids is 2. The number of rotatable bonds is 3. The fourth-order valence-electron chi connectivity index (χ4n) is 3.46. The highest BCUT2D eigenvalue weighted by Crippen LogP contribution is 2.40. The largest absolute Gasteiger partial charge is 0.272 e. The summed E-state index contributed by atoms with van der Waals surface area (Å²) in [6, 6.07) is 11.2. The van der Waals surface area contributed by atoms with Crippen LogP contribution in [0.2, 0.25) is 0 Å². The van der Waals surface area contributed by atoms with E-state index in [-0.39, 0.29) is 11.7 Å². The van der Waals surface area contributed by atoms with Crippen LogP contribution in [0.4, 0.5) is 0 Å². The number of fused-ring (bicyclic) bond motifs is 3. The van der Waals surface area contributed by atoms with Crippen LogP contribution in [0.25, 0.3) is 16.6 Å². The number of para-hydroxylation sites is 1. The fourth-order valence-corrected chi connectivity index (χ4v) is 4.58. The van der Waals surface area contributed by atoms with E-state index in [9.17, 15) is 9.59 Å². The molecule has 10 heteroatoms. The van der Waals surface area contributed by atoms with Crippen molar-refractivity contribution in [1.29, 1.82) is 0 Å². The van der Waals surface area contributed by atoms with Gasteiger partial charge in [-0.3, -0.25) is 20.0 Å². The van der Waals surface area contributed by atoms with E-state index in [0.29, 0.717) is 11.2 Å². The Morgan fingerprint density at radius 1 is 1.28 bits per heavy atom. The Morgan fingerprint density at radius 3 is 3.00 bits per heavy atom. The van der Waals surface area contributed by atoms with Crippen molar-refractivity contribution >= 4 is 40.1 Å². The van der Waals surface area contributed by atoms with Crippen LogP contribution in [-0.2, 0) is 4.79 Å². The third kappa shape index (κ3) is 2.88. The molecule has 29 heavy (non-hydrogen) atoms. The quantitative estimate of drug-likeness (QED) is 0.555. The van der Waals surface area contributed by atoms with Gasteiger partial charge in [-0.15, -0.1) is 16.9 Å². The molecule has 144 valence electrons. The van der Waals surface area contributed by atoms with E-state index in [1.165, 1.54) is 23.0 Å². The minimum absolute atomic E-state index is 0.188. The maximum absolute atomic E-state index is 12.6. The number of tetrazole rings is 1. The molecular formula is C19H15N7O2S. The van der Waals surface area contributed by atoms with Gasteiger partial charge >= 0.3 is 0 Å². The molecule has 0 aliphatic carbocycles. The average Bonchev–Trinajstić information content (AvgIpc) is 3.36. The Morgan fingerprint density at radius 2 is 2.17 bits per heavy atom. The molecule has 9 nitrogen and oxygen atoms in total. The SMILES string of the molecule is Cc1cccc2cc(C3SCC(=O)N3NC(=O)c3cccnc3)c3nnnn3c12. The predicted octanol–water partition coefficient (Wildman–Crippen LogP) is 1.90. The average molecular weight is 405 g/mol. The van der Waals surface area contributed by atoms with Crippen LogP contribution in [0.1, 0.15) is 26.9 Å². The number of hydrogen-bond donors (Lipinski definition) is 1. The summed E-state index contributed by atoms with van der Waals surface area (Å²) in [4.78, 5) is 29.1. The molecule has 1 unspecified atom stereocenters. The molecule has 1 N–H and O–H groups in total. The molecule has 1 saturated heterocycles. The van der Waals surface area contributed by atoms with Crippen LogP contribution in [0, 0.1) is 6.92 Å². The lowest BCUT2D eigenvalue weighted by Crippen LogP contribution is -2.44. The number of nitrogens with one attached hydrogen (secondary N) is 1. The zero-order chi connectivity index (χ0) is 20.0. The third-order valence-electron chi connectivity index (χ3n) is 4.80. The van der Waals surface area contributed by atoms with Crippen molar-refractivity contribution in [2.45, 2.75) is 12.3 Å². The molecule has 1 aliphatic rings. The van der Waals surface area contributed by atoms with Crippen LogP contribution in [0.15, 0.2) is 48.8 Å². The first-order valence-corrected chi connectivity index (χ1v) is 9.93. The van der Waals surface area contributed by atoms with Crippen LogP contribution >= 0.6 is 11.8 Å². The maximum atomic E-state index is 12.6. The summed E-state index contributed by atoms with van der Waals surface area (Å²) in [6.45, 7) is 2.00. The minimum atomic E-state index is -0.443. The highest BCUT2D eigenvalue weighted by atomic mass is 32.2. The summed E-state index contributed by atoms with van der Waals surface area (Å²) in [7, 11) is 0. The molecule has 3 aromatic heterocycles. The van der Waals surface area contributed by atoms with Crippen molar-refractivity contribution in [2.24, 2.45) is 0 Å². The van der Waals surface area contributed by atoms with E-state index < -0.39 is 11.3 Å². The standard InChI is InChI=1S/C19H15N7O2S/c1-11-4-2-5-12-8-14(17-21-23-24-26(17)16(11)12)19-25(15(27)10-29-19)22-18(28)13-6-3-7-20-9-13/h2-9,19H,10H2,1H3,(H,22,28). The first-order valence-electron chi connectivity index (χ1n) is 8.88. The molecule has 4 heterocycles. The van der Waals surface area contributed by atoms with E-state index in [1.54, 1.807) is 22.8 Å². The van der Waals surface area contributed by atoms with Gasteiger partial charge in [-0.25, -0.2) is 5.01 Å². The second kappa shape index (κ2) is 6.82. The normalized spacial score (nSPS) is 16.7. The van der Waals surface area contributed by atoms with Gasteiger partial charge in [0.25, 0.3) is 11.8 Å². The lowest BCUT2D eigenvalue weighted by Gasteiger charge is -2.25. The molecule has 1 aromatic carbocycles. The summed E-state index contributed by atoms with van der Waals surface area (Å²) in [5.41, 5.74) is 6.36. The van der Waals surface area contributed by atoms with E-state index in [4.69, 9.17) is 0 Å². The molecular weight excluding hydrogens is 390 g/mol. The number of hydrazine groups is 1. The van der Waals surface area contributed by atoms with Crippen molar-refractivity contribution in [2.75, 3.05) is 5.75 Å².